The summed E-state index contributed by atoms with van der Waals surface area (Å²) < 4.78 is 26.5. The molecule has 3 nitrogen and oxygen atoms in total. The Morgan fingerprint density at radius 3 is 2.19 bits per heavy atom. The monoisotopic (exact) mass is 297 g/mol. The van der Waals surface area contributed by atoms with Crippen molar-refractivity contribution in [2.75, 3.05) is 39.8 Å². The molecule has 2 atom stereocenters. The van der Waals surface area contributed by atoms with Crippen LogP contribution in [0.1, 0.15) is 25.5 Å². The molecule has 0 saturated carbocycles. The quantitative estimate of drug-likeness (QED) is 0.899. The van der Waals surface area contributed by atoms with Crippen LogP contribution in [0, 0.1) is 11.6 Å². The highest BCUT2D eigenvalue weighted by Gasteiger charge is 2.17. The van der Waals surface area contributed by atoms with Gasteiger partial charge in [-0.2, -0.15) is 0 Å². The molecule has 1 aromatic rings. The van der Waals surface area contributed by atoms with Crippen LogP contribution >= 0.6 is 0 Å². The number of likely N-dealkylation sites (N-methyl/N-ethyl adjacent to an activating group) is 1. The van der Waals surface area contributed by atoms with Crippen LogP contribution in [0.3, 0.4) is 0 Å². The maximum Gasteiger partial charge on any atom is 0.126 e. The summed E-state index contributed by atoms with van der Waals surface area (Å²) >= 11 is 0. The van der Waals surface area contributed by atoms with Crippen LogP contribution < -0.4 is 5.32 Å². The predicted octanol–water partition coefficient (Wildman–Crippen LogP) is 2.25. The lowest BCUT2D eigenvalue weighted by atomic mass is 10.1. The van der Waals surface area contributed by atoms with Gasteiger partial charge in [0.05, 0.1) is 0 Å². The summed E-state index contributed by atoms with van der Waals surface area (Å²) in [4.78, 5) is 4.75. The van der Waals surface area contributed by atoms with E-state index in [4.69, 9.17) is 0 Å². The Balaban J connectivity index is 1.85. The van der Waals surface area contributed by atoms with E-state index in [1.807, 2.05) is 6.92 Å². The molecule has 0 aromatic heterocycles. The van der Waals surface area contributed by atoms with E-state index in [9.17, 15) is 8.78 Å². The molecule has 1 saturated heterocycles. The van der Waals surface area contributed by atoms with Crippen LogP contribution in [-0.4, -0.2) is 55.6 Å². The molecule has 2 rings (SSSR count). The fourth-order valence-electron chi connectivity index (χ4n) is 2.82. The number of benzene rings is 1. The molecule has 0 aliphatic carbocycles. The number of rotatable bonds is 5. The maximum absolute atomic E-state index is 13.3. The van der Waals surface area contributed by atoms with Crippen LogP contribution in [-0.2, 0) is 0 Å². The Labute approximate surface area is 125 Å². The SMILES string of the molecule is C[C@H](CN1CCN(C)CC1)N[C@@H](C)c1cc(F)cc(F)c1. The van der Waals surface area contributed by atoms with Gasteiger partial charge in [0.25, 0.3) is 0 Å². The smallest absolute Gasteiger partial charge is 0.126 e. The van der Waals surface area contributed by atoms with E-state index >= 15 is 0 Å². The summed E-state index contributed by atoms with van der Waals surface area (Å²) in [5, 5.41) is 3.42. The number of piperazine rings is 1. The van der Waals surface area contributed by atoms with Crippen LogP contribution in [0.2, 0.25) is 0 Å². The fraction of sp³-hybridized carbons (Fsp3) is 0.625. The van der Waals surface area contributed by atoms with Crippen molar-refractivity contribution in [3.8, 4) is 0 Å². The molecule has 1 aromatic carbocycles. The predicted molar refractivity (Wildman–Crippen MR) is 81.3 cm³/mol. The second-order valence-electron chi connectivity index (χ2n) is 6.10. The molecular formula is C16H25F2N3. The van der Waals surface area contributed by atoms with E-state index < -0.39 is 11.6 Å². The number of nitrogens with one attached hydrogen (secondary N) is 1. The van der Waals surface area contributed by atoms with Crippen molar-refractivity contribution in [3.05, 3.63) is 35.4 Å². The van der Waals surface area contributed by atoms with Crippen LogP contribution in [0.5, 0.6) is 0 Å². The summed E-state index contributed by atoms with van der Waals surface area (Å²) in [5.74, 6) is -1.05. The van der Waals surface area contributed by atoms with E-state index in [2.05, 4.69) is 29.1 Å². The van der Waals surface area contributed by atoms with E-state index in [1.165, 1.54) is 12.1 Å². The van der Waals surface area contributed by atoms with Gasteiger partial charge in [-0.3, -0.25) is 4.90 Å². The Kier molecular flexibility index (Phi) is 5.67. The summed E-state index contributed by atoms with van der Waals surface area (Å²) in [6.45, 7) is 9.35. The normalized spacial score (nSPS) is 20.4. The van der Waals surface area contributed by atoms with Crippen molar-refractivity contribution in [2.45, 2.75) is 25.9 Å². The molecule has 1 aliphatic rings. The van der Waals surface area contributed by atoms with Gasteiger partial charge in [0, 0.05) is 50.9 Å². The van der Waals surface area contributed by atoms with Crippen molar-refractivity contribution in [2.24, 2.45) is 0 Å². The number of halogens is 2. The Morgan fingerprint density at radius 1 is 1.05 bits per heavy atom. The highest BCUT2D eigenvalue weighted by atomic mass is 19.1. The molecule has 0 bridgehead atoms. The van der Waals surface area contributed by atoms with Gasteiger partial charge in [-0.25, -0.2) is 8.78 Å². The molecule has 5 heteroatoms. The first-order chi connectivity index (χ1) is 9.94. The van der Waals surface area contributed by atoms with Gasteiger partial charge < -0.3 is 10.2 Å². The minimum absolute atomic E-state index is 0.0716. The van der Waals surface area contributed by atoms with Gasteiger partial charge in [-0.05, 0) is 38.6 Å². The van der Waals surface area contributed by atoms with Gasteiger partial charge in [-0.15, -0.1) is 0 Å². The summed E-state index contributed by atoms with van der Waals surface area (Å²) in [5.41, 5.74) is 0.651. The van der Waals surface area contributed by atoms with Crippen LogP contribution in [0.4, 0.5) is 8.78 Å². The van der Waals surface area contributed by atoms with Crippen molar-refractivity contribution in [1.82, 2.24) is 15.1 Å². The fourth-order valence-corrected chi connectivity index (χ4v) is 2.82. The average Bonchev–Trinajstić information content (AvgIpc) is 2.40. The minimum atomic E-state index is -0.523. The maximum atomic E-state index is 13.3. The molecular weight excluding hydrogens is 272 g/mol. The molecule has 118 valence electrons. The summed E-state index contributed by atoms with van der Waals surface area (Å²) in [6.07, 6.45) is 0. The summed E-state index contributed by atoms with van der Waals surface area (Å²) in [7, 11) is 2.14. The molecule has 21 heavy (non-hydrogen) atoms. The van der Waals surface area contributed by atoms with Gasteiger partial charge >= 0.3 is 0 Å². The lowest BCUT2D eigenvalue weighted by Gasteiger charge is -2.34. The lowest BCUT2D eigenvalue weighted by Crippen LogP contribution is -2.49. The van der Waals surface area contributed by atoms with E-state index in [-0.39, 0.29) is 12.1 Å². The number of hydrogen-bond acceptors (Lipinski definition) is 3. The third kappa shape index (κ3) is 5.02. The van der Waals surface area contributed by atoms with E-state index in [1.54, 1.807) is 0 Å². The molecule has 0 radical (unpaired) electrons. The zero-order valence-electron chi connectivity index (χ0n) is 13.1. The highest BCUT2D eigenvalue weighted by molar-refractivity contribution is 5.21. The van der Waals surface area contributed by atoms with E-state index in [0.29, 0.717) is 5.56 Å². The Morgan fingerprint density at radius 2 is 1.62 bits per heavy atom. The molecule has 1 fully saturated rings. The van der Waals surface area contributed by atoms with Gasteiger partial charge in [-0.1, -0.05) is 0 Å². The van der Waals surface area contributed by atoms with Crippen LogP contribution in [0.15, 0.2) is 18.2 Å². The molecule has 0 amide bonds. The van der Waals surface area contributed by atoms with Gasteiger partial charge in [0.15, 0.2) is 0 Å². The van der Waals surface area contributed by atoms with E-state index in [0.717, 1.165) is 38.8 Å². The molecule has 1 N–H and O–H groups in total. The second kappa shape index (κ2) is 7.29. The van der Waals surface area contributed by atoms with Crippen molar-refractivity contribution < 1.29 is 8.78 Å². The largest absolute Gasteiger partial charge is 0.306 e. The van der Waals surface area contributed by atoms with Gasteiger partial charge in [0.1, 0.15) is 11.6 Å². The molecule has 0 unspecified atom stereocenters. The second-order valence-corrected chi connectivity index (χ2v) is 6.10. The first-order valence-corrected chi connectivity index (χ1v) is 7.57. The van der Waals surface area contributed by atoms with Crippen molar-refractivity contribution in [1.29, 1.82) is 0 Å². The molecule has 1 heterocycles. The average molecular weight is 297 g/mol. The first-order valence-electron chi connectivity index (χ1n) is 7.57. The first kappa shape index (κ1) is 16.3. The zero-order valence-corrected chi connectivity index (χ0v) is 13.1. The Bertz CT molecular complexity index is 439. The van der Waals surface area contributed by atoms with Gasteiger partial charge in [0.2, 0.25) is 0 Å². The molecule has 1 aliphatic heterocycles. The van der Waals surface area contributed by atoms with Crippen LogP contribution in [0.25, 0.3) is 0 Å². The van der Waals surface area contributed by atoms with Crippen molar-refractivity contribution in [3.63, 3.8) is 0 Å². The number of hydrogen-bond donors (Lipinski definition) is 1. The topological polar surface area (TPSA) is 18.5 Å². The molecule has 0 spiro atoms. The number of nitrogens with zero attached hydrogens (tertiary/aromatic N) is 2. The summed E-state index contributed by atoms with van der Waals surface area (Å²) in [6, 6.07) is 3.89. The standard InChI is InChI=1S/C16H25F2N3/c1-12(11-21-6-4-20(3)5-7-21)19-13(2)14-8-15(17)10-16(18)9-14/h8-10,12-13,19H,4-7,11H2,1-3H3/t12-,13+/m1/s1. The minimum Gasteiger partial charge on any atom is -0.306 e. The lowest BCUT2D eigenvalue weighted by molar-refractivity contribution is 0.142. The third-order valence-electron chi connectivity index (χ3n) is 4.05. The zero-order chi connectivity index (χ0) is 15.4. The Hall–Kier alpha value is -1.04. The third-order valence-corrected chi connectivity index (χ3v) is 4.05. The van der Waals surface area contributed by atoms with Crippen molar-refractivity contribution >= 4 is 0 Å². The highest BCUT2D eigenvalue weighted by Crippen LogP contribution is 2.16.